The van der Waals surface area contributed by atoms with Gasteiger partial charge in [0.2, 0.25) is 5.75 Å². The van der Waals surface area contributed by atoms with E-state index < -0.39 is 17.7 Å². The number of methoxy groups -OCH3 is 3. The summed E-state index contributed by atoms with van der Waals surface area (Å²) in [6, 6.07) is 8.07. The van der Waals surface area contributed by atoms with E-state index in [-0.39, 0.29) is 0 Å². The zero-order valence-corrected chi connectivity index (χ0v) is 17.0. The number of allylic oxidation sites excluding steroid dienone is 2. The Balaban J connectivity index is 2.23. The number of carboxylic acid groups (broad SMARTS) is 1. The highest BCUT2D eigenvalue weighted by Crippen LogP contribution is 2.46. The molecule has 0 spiro atoms. The van der Waals surface area contributed by atoms with Crippen molar-refractivity contribution < 1.29 is 28.5 Å². The molecule has 5 nitrogen and oxygen atoms in total. The number of aliphatic carboxylic acids is 1. The third-order valence-electron chi connectivity index (χ3n) is 5.17. The zero-order chi connectivity index (χ0) is 21.3. The molecule has 29 heavy (non-hydrogen) atoms. The molecule has 0 radical (unpaired) electrons. The topological polar surface area (TPSA) is 65.0 Å². The van der Waals surface area contributed by atoms with Crippen molar-refractivity contribution in [1.82, 2.24) is 0 Å². The standard InChI is InChI=1S/C23H23FO5/c1-12-17(8-14-9-19(27-3)22(29-5)20(10-14)28-4)16-7-6-15(24)11-18(16)21(12)13(2)23(25)26/h6-11,13H,1-5H3,(H,25,26)/b17-8-. The fraction of sp³-hybridized carbons (Fsp3) is 0.261. The Kier molecular flexibility index (Phi) is 5.64. The van der Waals surface area contributed by atoms with Gasteiger partial charge in [0.05, 0.1) is 27.2 Å². The average molecular weight is 398 g/mol. The Morgan fingerprint density at radius 2 is 1.66 bits per heavy atom. The minimum atomic E-state index is -0.955. The van der Waals surface area contributed by atoms with Gasteiger partial charge in [0.15, 0.2) is 11.5 Å². The van der Waals surface area contributed by atoms with Gasteiger partial charge in [-0.3, -0.25) is 4.79 Å². The van der Waals surface area contributed by atoms with Crippen molar-refractivity contribution in [2.24, 2.45) is 5.92 Å². The van der Waals surface area contributed by atoms with Gasteiger partial charge in [-0.1, -0.05) is 6.07 Å². The zero-order valence-electron chi connectivity index (χ0n) is 17.0. The maximum absolute atomic E-state index is 13.9. The van der Waals surface area contributed by atoms with E-state index in [1.165, 1.54) is 19.2 Å². The van der Waals surface area contributed by atoms with Crippen LogP contribution in [-0.2, 0) is 4.79 Å². The first kappa shape index (κ1) is 20.5. The number of halogens is 1. The van der Waals surface area contributed by atoms with E-state index in [4.69, 9.17) is 14.2 Å². The molecule has 0 heterocycles. The van der Waals surface area contributed by atoms with Crippen LogP contribution in [0.15, 0.2) is 35.9 Å². The maximum atomic E-state index is 13.9. The second-order valence-electron chi connectivity index (χ2n) is 6.81. The lowest BCUT2D eigenvalue weighted by Crippen LogP contribution is -2.11. The van der Waals surface area contributed by atoms with Crippen LogP contribution in [0.5, 0.6) is 17.2 Å². The van der Waals surface area contributed by atoms with Gasteiger partial charge < -0.3 is 19.3 Å². The molecule has 1 aliphatic rings. The van der Waals surface area contributed by atoms with Crippen LogP contribution < -0.4 is 14.2 Å². The molecule has 6 heteroatoms. The number of ether oxygens (including phenoxy) is 3. The summed E-state index contributed by atoms with van der Waals surface area (Å²) < 4.78 is 30.1. The second kappa shape index (κ2) is 7.99. The van der Waals surface area contributed by atoms with E-state index in [0.29, 0.717) is 28.4 Å². The molecule has 0 aromatic heterocycles. The van der Waals surface area contributed by atoms with Crippen molar-refractivity contribution in [1.29, 1.82) is 0 Å². The minimum absolute atomic E-state index is 0.402. The molecule has 0 aliphatic heterocycles. The molecular weight excluding hydrogens is 375 g/mol. The summed E-state index contributed by atoms with van der Waals surface area (Å²) in [5, 5.41) is 9.53. The van der Waals surface area contributed by atoms with E-state index in [2.05, 4.69) is 0 Å². The number of hydrogen-bond donors (Lipinski definition) is 1. The lowest BCUT2D eigenvalue weighted by Gasteiger charge is -2.13. The smallest absolute Gasteiger partial charge is 0.310 e. The van der Waals surface area contributed by atoms with Gasteiger partial charge in [-0.05, 0) is 77.6 Å². The molecule has 1 aliphatic carbocycles. The van der Waals surface area contributed by atoms with Crippen molar-refractivity contribution >= 4 is 23.2 Å². The van der Waals surface area contributed by atoms with Crippen LogP contribution in [0.3, 0.4) is 0 Å². The fourth-order valence-electron chi connectivity index (χ4n) is 3.74. The molecule has 2 aromatic carbocycles. The first-order valence-corrected chi connectivity index (χ1v) is 9.08. The lowest BCUT2D eigenvalue weighted by atomic mass is 9.94. The third-order valence-corrected chi connectivity index (χ3v) is 5.17. The molecule has 0 saturated carbocycles. The van der Waals surface area contributed by atoms with Crippen molar-refractivity contribution in [3.8, 4) is 17.2 Å². The summed E-state index contributed by atoms with van der Waals surface area (Å²) in [4.78, 5) is 11.6. The predicted octanol–water partition coefficient (Wildman–Crippen LogP) is 4.90. The SMILES string of the molecule is COc1cc(/C=C2/C(C)=C(C(C)C(=O)O)c3cc(F)ccc32)cc(OC)c1OC. The Morgan fingerprint density at radius 1 is 1.03 bits per heavy atom. The van der Waals surface area contributed by atoms with Gasteiger partial charge >= 0.3 is 5.97 Å². The number of carbonyl (C=O) groups is 1. The van der Waals surface area contributed by atoms with E-state index in [1.54, 1.807) is 27.2 Å². The lowest BCUT2D eigenvalue weighted by molar-refractivity contribution is -0.139. The van der Waals surface area contributed by atoms with Gasteiger partial charge in [-0.15, -0.1) is 0 Å². The van der Waals surface area contributed by atoms with Gasteiger partial charge in [0, 0.05) is 0 Å². The van der Waals surface area contributed by atoms with Gasteiger partial charge in [0.25, 0.3) is 0 Å². The molecule has 0 fully saturated rings. The molecule has 0 bridgehead atoms. The second-order valence-corrected chi connectivity index (χ2v) is 6.81. The number of fused-ring (bicyclic) bond motifs is 1. The minimum Gasteiger partial charge on any atom is -0.493 e. The average Bonchev–Trinajstić information content (AvgIpc) is 2.97. The van der Waals surface area contributed by atoms with Crippen molar-refractivity contribution in [3.05, 3.63) is 58.4 Å². The monoisotopic (exact) mass is 398 g/mol. The molecule has 0 saturated heterocycles. The van der Waals surface area contributed by atoms with E-state index in [9.17, 15) is 14.3 Å². The van der Waals surface area contributed by atoms with Crippen LogP contribution in [0, 0.1) is 11.7 Å². The Morgan fingerprint density at radius 3 is 2.17 bits per heavy atom. The molecule has 0 amide bonds. The molecule has 1 N–H and O–H groups in total. The van der Waals surface area contributed by atoms with E-state index in [1.807, 2.05) is 25.1 Å². The Hall–Kier alpha value is -3.28. The van der Waals surface area contributed by atoms with Crippen molar-refractivity contribution in [2.45, 2.75) is 13.8 Å². The number of hydrogen-bond acceptors (Lipinski definition) is 4. The van der Waals surface area contributed by atoms with Crippen LogP contribution in [0.2, 0.25) is 0 Å². The summed E-state index contributed by atoms with van der Waals surface area (Å²) in [7, 11) is 4.62. The summed E-state index contributed by atoms with van der Waals surface area (Å²) in [6.07, 6.45) is 1.91. The van der Waals surface area contributed by atoms with E-state index in [0.717, 1.165) is 22.3 Å². The highest BCUT2D eigenvalue weighted by molar-refractivity contribution is 6.08. The van der Waals surface area contributed by atoms with Gasteiger partial charge in [0.1, 0.15) is 5.82 Å². The number of benzene rings is 2. The van der Waals surface area contributed by atoms with Crippen LogP contribution in [0.4, 0.5) is 4.39 Å². The fourth-order valence-corrected chi connectivity index (χ4v) is 3.74. The van der Waals surface area contributed by atoms with Crippen molar-refractivity contribution in [2.75, 3.05) is 21.3 Å². The largest absolute Gasteiger partial charge is 0.493 e. The normalized spacial score (nSPS) is 15.3. The van der Waals surface area contributed by atoms with E-state index >= 15 is 0 Å². The molecule has 152 valence electrons. The highest BCUT2D eigenvalue weighted by Gasteiger charge is 2.30. The quantitative estimate of drug-likeness (QED) is 0.750. The van der Waals surface area contributed by atoms with Gasteiger partial charge in [-0.25, -0.2) is 4.39 Å². The predicted molar refractivity (Wildman–Crippen MR) is 110 cm³/mol. The third kappa shape index (κ3) is 3.58. The van der Waals surface area contributed by atoms with Crippen LogP contribution >= 0.6 is 0 Å². The summed E-state index contributed by atoms with van der Waals surface area (Å²) in [5.74, 6) is -0.613. The summed E-state index contributed by atoms with van der Waals surface area (Å²) in [6.45, 7) is 3.47. The van der Waals surface area contributed by atoms with Crippen LogP contribution in [0.25, 0.3) is 17.2 Å². The van der Waals surface area contributed by atoms with Gasteiger partial charge in [-0.2, -0.15) is 0 Å². The Bertz CT molecular complexity index is 1010. The van der Waals surface area contributed by atoms with Crippen LogP contribution in [0.1, 0.15) is 30.5 Å². The van der Waals surface area contributed by atoms with Crippen molar-refractivity contribution in [3.63, 3.8) is 0 Å². The molecule has 2 aromatic rings. The highest BCUT2D eigenvalue weighted by atomic mass is 19.1. The first-order valence-electron chi connectivity index (χ1n) is 9.08. The van der Waals surface area contributed by atoms with Crippen LogP contribution in [-0.4, -0.2) is 32.4 Å². The molecule has 3 rings (SSSR count). The molecule has 1 atom stereocenters. The summed E-state index contributed by atoms with van der Waals surface area (Å²) in [5.41, 5.74) is 4.43. The maximum Gasteiger partial charge on any atom is 0.310 e. The molecule has 1 unspecified atom stereocenters. The number of carboxylic acids is 1. The first-order chi connectivity index (χ1) is 13.8. The Labute approximate surface area is 169 Å². The summed E-state index contributed by atoms with van der Waals surface area (Å²) >= 11 is 0. The molecular formula is C23H23FO5. The number of rotatable bonds is 6.